The van der Waals surface area contributed by atoms with Crippen molar-refractivity contribution in [3.05, 3.63) is 144 Å². The van der Waals surface area contributed by atoms with E-state index in [0.29, 0.717) is 26.2 Å². The zero-order valence-electron chi connectivity index (χ0n) is 67.2. The van der Waals surface area contributed by atoms with Crippen LogP contribution < -0.4 is 5.32 Å². The van der Waals surface area contributed by atoms with E-state index < -0.39 is 59.5 Å². The second kappa shape index (κ2) is 52.5. The minimum Gasteiger partial charge on any atom is -0.411 e. The smallest absolute Gasteiger partial charge is 0.220 e. The van der Waals surface area contributed by atoms with Crippen LogP contribution in [0, 0.1) is 0 Å². The molecule has 578 valence electrons. The Morgan fingerprint density at radius 3 is 1.10 bits per heavy atom. The second-order valence-corrected chi connectivity index (χ2v) is 42.8. The quantitative estimate of drug-likeness (QED) is 0.0342. The Balaban J connectivity index is 1.40. The summed E-state index contributed by atoms with van der Waals surface area (Å²) in [5.41, 5.74) is 4.12. The SMILES string of the molecule is CCCCCCCCCCCCCCCCCCCCCCCCCC(=O)N[C@@H](COC1OC(COCc2ccccc2)C(OCc2ccccc2)C(OCc2ccccc2)C1OCc1ccccc1)[C@H](O[Si](C)(C)C(C)(C)C)[C@@H](CCCCCCCCCCCCCC)O[Si](C)(C)C(C)(C)C. The van der Waals surface area contributed by atoms with Gasteiger partial charge in [-0.05, 0) is 71.4 Å². The first-order valence-corrected chi connectivity index (χ1v) is 47.6. The van der Waals surface area contributed by atoms with E-state index in [4.69, 9.17) is 37.3 Å². The molecule has 8 atom stereocenters. The number of rotatable bonds is 60. The van der Waals surface area contributed by atoms with Crippen LogP contribution in [0.4, 0.5) is 0 Å². The van der Waals surface area contributed by atoms with Gasteiger partial charge in [0.2, 0.25) is 5.91 Å². The van der Waals surface area contributed by atoms with Crippen molar-refractivity contribution in [1.82, 2.24) is 5.32 Å². The molecular weight excluding hydrogens is 1300 g/mol. The summed E-state index contributed by atoms with van der Waals surface area (Å²) in [5, 5.41) is 3.46. The summed E-state index contributed by atoms with van der Waals surface area (Å²) < 4.78 is 58.7. The van der Waals surface area contributed by atoms with Gasteiger partial charge in [-0.15, -0.1) is 0 Å². The van der Waals surface area contributed by atoms with E-state index in [1.165, 1.54) is 193 Å². The summed E-state index contributed by atoms with van der Waals surface area (Å²) in [6.07, 6.45) is 42.6. The maximum atomic E-state index is 15.1. The topological polar surface area (TPSA) is 103 Å². The monoisotopic (exact) mass is 1450 g/mol. The van der Waals surface area contributed by atoms with Crippen LogP contribution in [0.2, 0.25) is 36.3 Å². The standard InChI is InChI=1S/C90H151NO9Si2/c1-13-15-17-19-21-23-25-27-28-29-30-31-32-33-34-35-36-37-39-41-43-45-59-69-83(92)91-80(84(100-102(11,12)90(6,7)8)81(99-101(9,10)89(3,4)5)68-58-44-42-40-38-26-24-22-20-18-16-14-2)74-97-88-87(96-73-79-66-56-49-57-67-79)86(95-72-78-64-54-48-55-65-78)85(94-71-77-62-52-47-53-63-77)82(98-88)75-93-70-76-60-50-46-51-61-76/h46-57,60-67,80-82,84-88H,13-45,58-59,68-75H2,1-12H3,(H,91,92)/t80-,81+,82?,84-,85?,86?,87?,88?/m0/s1. The van der Waals surface area contributed by atoms with E-state index >= 15 is 4.79 Å². The second-order valence-electron chi connectivity index (χ2n) is 33.3. The van der Waals surface area contributed by atoms with Crippen molar-refractivity contribution < 1.29 is 42.1 Å². The molecule has 0 aromatic heterocycles. The molecule has 0 saturated carbocycles. The Bertz CT molecular complexity index is 2640. The molecule has 4 aromatic carbocycles. The van der Waals surface area contributed by atoms with E-state index in [9.17, 15) is 0 Å². The number of unbranched alkanes of at least 4 members (excludes halogenated alkanes) is 33. The number of hydrogen-bond donors (Lipinski definition) is 1. The van der Waals surface area contributed by atoms with E-state index in [1.807, 2.05) is 72.8 Å². The van der Waals surface area contributed by atoms with Crippen molar-refractivity contribution in [3.63, 3.8) is 0 Å². The van der Waals surface area contributed by atoms with Gasteiger partial charge in [0.05, 0.1) is 57.9 Å². The van der Waals surface area contributed by atoms with Crippen LogP contribution in [0.5, 0.6) is 0 Å². The molecule has 1 aliphatic rings. The molecule has 1 amide bonds. The first kappa shape index (κ1) is 89.1. The minimum absolute atomic E-state index is 0.0134. The summed E-state index contributed by atoms with van der Waals surface area (Å²) in [6.45, 7) is 29.5. The summed E-state index contributed by atoms with van der Waals surface area (Å²) in [4.78, 5) is 15.1. The zero-order valence-corrected chi connectivity index (χ0v) is 69.2. The Kier molecular flexibility index (Phi) is 45.8. The van der Waals surface area contributed by atoms with E-state index in [1.54, 1.807) is 0 Å². The Morgan fingerprint density at radius 1 is 0.402 bits per heavy atom. The van der Waals surface area contributed by atoms with Crippen LogP contribution in [0.15, 0.2) is 121 Å². The van der Waals surface area contributed by atoms with E-state index in [0.717, 1.165) is 60.8 Å². The van der Waals surface area contributed by atoms with Crippen LogP contribution in [0.25, 0.3) is 0 Å². The number of carbonyl (C=O) groups excluding carboxylic acids is 1. The predicted molar refractivity (Wildman–Crippen MR) is 434 cm³/mol. The van der Waals surface area contributed by atoms with Gasteiger partial charge in [0, 0.05) is 6.42 Å². The maximum absolute atomic E-state index is 15.1. The molecule has 1 N–H and O–H groups in total. The zero-order chi connectivity index (χ0) is 73.4. The summed E-state index contributed by atoms with van der Waals surface area (Å²) in [7, 11) is -5.04. The van der Waals surface area contributed by atoms with E-state index in [2.05, 4.69) is 135 Å². The minimum atomic E-state index is -2.59. The normalized spacial score (nSPS) is 17.8. The van der Waals surface area contributed by atoms with Crippen LogP contribution >= 0.6 is 0 Å². The lowest BCUT2D eigenvalue weighted by molar-refractivity contribution is -0.329. The molecule has 1 aliphatic heterocycles. The fourth-order valence-electron chi connectivity index (χ4n) is 13.6. The lowest BCUT2D eigenvalue weighted by Gasteiger charge is -2.48. The number of nitrogens with one attached hydrogen (secondary N) is 1. The fourth-order valence-corrected chi connectivity index (χ4v) is 16.3. The summed E-state index contributed by atoms with van der Waals surface area (Å²) in [6, 6.07) is 40.5. The van der Waals surface area contributed by atoms with Gasteiger partial charge >= 0.3 is 0 Å². The first-order chi connectivity index (χ1) is 49.3. The summed E-state index contributed by atoms with van der Waals surface area (Å²) >= 11 is 0. The van der Waals surface area contributed by atoms with Crippen molar-refractivity contribution in [1.29, 1.82) is 0 Å². The average molecular weight is 1450 g/mol. The van der Waals surface area contributed by atoms with Crippen LogP contribution in [-0.4, -0.2) is 84.7 Å². The van der Waals surface area contributed by atoms with Crippen molar-refractivity contribution >= 4 is 22.5 Å². The Morgan fingerprint density at radius 2 is 0.725 bits per heavy atom. The number of amides is 1. The van der Waals surface area contributed by atoms with Crippen LogP contribution in [0.1, 0.15) is 315 Å². The highest BCUT2D eigenvalue weighted by Crippen LogP contribution is 2.43. The van der Waals surface area contributed by atoms with Gasteiger partial charge < -0.3 is 42.6 Å². The van der Waals surface area contributed by atoms with Crippen molar-refractivity contribution in [2.24, 2.45) is 0 Å². The van der Waals surface area contributed by atoms with E-state index in [-0.39, 0.29) is 41.9 Å². The number of benzene rings is 4. The molecule has 0 bridgehead atoms. The van der Waals surface area contributed by atoms with Gasteiger partial charge in [-0.3, -0.25) is 4.79 Å². The Labute approximate surface area is 627 Å². The molecule has 4 aromatic rings. The third-order valence-electron chi connectivity index (χ3n) is 22.2. The maximum Gasteiger partial charge on any atom is 0.220 e. The number of carbonyl (C=O) groups is 1. The third kappa shape index (κ3) is 37.3. The van der Waals surface area contributed by atoms with Crippen molar-refractivity contribution in [2.75, 3.05) is 13.2 Å². The number of ether oxygens (including phenoxy) is 6. The molecule has 5 rings (SSSR count). The van der Waals surface area contributed by atoms with Gasteiger partial charge in [0.1, 0.15) is 24.4 Å². The molecule has 0 spiro atoms. The lowest BCUT2D eigenvalue weighted by atomic mass is 9.97. The molecule has 1 heterocycles. The van der Waals surface area contributed by atoms with Gasteiger partial charge in [-0.2, -0.15) is 0 Å². The lowest BCUT2D eigenvalue weighted by Crippen LogP contribution is -2.63. The molecule has 12 heteroatoms. The van der Waals surface area contributed by atoms with Crippen molar-refractivity contribution in [3.8, 4) is 0 Å². The third-order valence-corrected chi connectivity index (χ3v) is 31.2. The van der Waals surface area contributed by atoms with Gasteiger partial charge in [-0.25, -0.2) is 0 Å². The predicted octanol–water partition coefficient (Wildman–Crippen LogP) is 25.4. The average Bonchev–Trinajstić information content (AvgIpc) is 0.787. The first-order valence-electron chi connectivity index (χ1n) is 41.8. The summed E-state index contributed by atoms with van der Waals surface area (Å²) in [5.74, 6) is 0.0134. The molecule has 10 nitrogen and oxygen atoms in total. The molecular formula is C90H151NO9Si2. The van der Waals surface area contributed by atoms with Gasteiger partial charge in [0.25, 0.3) is 0 Å². The molecule has 102 heavy (non-hydrogen) atoms. The highest BCUT2D eigenvalue weighted by Gasteiger charge is 2.51. The fraction of sp³-hybridized carbons (Fsp3) is 0.722. The molecule has 0 radical (unpaired) electrons. The highest BCUT2D eigenvalue weighted by molar-refractivity contribution is 6.74. The molecule has 5 unspecified atom stereocenters. The number of hydrogen-bond acceptors (Lipinski definition) is 9. The van der Waals surface area contributed by atoms with Crippen LogP contribution in [0.3, 0.4) is 0 Å². The molecule has 1 fully saturated rings. The van der Waals surface area contributed by atoms with Gasteiger partial charge in [0.15, 0.2) is 22.9 Å². The van der Waals surface area contributed by atoms with Crippen molar-refractivity contribution in [2.45, 2.75) is 405 Å². The van der Waals surface area contributed by atoms with Gasteiger partial charge in [-0.1, -0.05) is 395 Å². The highest BCUT2D eigenvalue weighted by atomic mass is 28.4. The largest absolute Gasteiger partial charge is 0.411 e. The molecule has 1 saturated heterocycles. The Hall–Kier alpha value is -3.54. The molecule has 0 aliphatic carbocycles. The van der Waals surface area contributed by atoms with Crippen LogP contribution in [-0.2, 0) is 68.5 Å².